The normalized spacial score (nSPS) is 18.2. The van der Waals surface area contributed by atoms with E-state index in [0.29, 0.717) is 12.8 Å². The number of nitrogens with one attached hydrogen (secondary N) is 1. The number of hydrogen-bond donors (Lipinski definition) is 5. The molecule has 0 aliphatic heterocycles. The lowest BCUT2D eigenvalue weighted by Crippen LogP contribution is -2.58. The average Bonchev–Trinajstić information content (AvgIpc) is 2.47. The Kier molecular flexibility index (Phi) is 4.21. The van der Waals surface area contributed by atoms with Crippen LogP contribution in [0.4, 0.5) is 0 Å². The van der Waals surface area contributed by atoms with Gasteiger partial charge in [-0.05, 0) is 25.0 Å². The number of amides is 1. The molecule has 1 fully saturated rings. The molecule has 2 rings (SSSR count). The molecule has 1 aliphatic carbocycles. The van der Waals surface area contributed by atoms with E-state index in [0.717, 1.165) is 25.3 Å². The van der Waals surface area contributed by atoms with Gasteiger partial charge in [-0.25, -0.2) is 0 Å². The number of phenolic OH excluding ortho intramolecular Hbond substituents is 2. The third kappa shape index (κ3) is 3.01. The van der Waals surface area contributed by atoms with Crippen molar-refractivity contribution in [2.75, 3.05) is 0 Å². The summed E-state index contributed by atoms with van der Waals surface area (Å²) in [7, 11) is 0. The second-order valence-electron chi connectivity index (χ2n) is 5.28. The Hall–Kier alpha value is -2.44. The van der Waals surface area contributed by atoms with Gasteiger partial charge in [0.05, 0.1) is 5.56 Å². The maximum Gasteiger partial charge on any atom is 0.255 e. The van der Waals surface area contributed by atoms with Gasteiger partial charge in [-0.15, -0.1) is 0 Å². The molecule has 1 amide bonds. The van der Waals surface area contributed by atoms with Crippen LogP contribution in [0.15, 0.2) is 23.4 Å². The molecule has 0 saturated heterocycles. The van der Waals surface area contributed by atoms with E-state index in [-0.39, 0.29) is 22.9 Å². The monoisotopic (exact) mass is 293 g/mol. The van der Waals surface area contributed by atoms with Gasteiger partial charge in [-0.1, -0.05) is 24.4 Å². The highest BCUT2D eigenvalue weighted by Gasteiger charge is 2.38. The first-order chi connectivity index (χ1) is 9.98. The van der Waals surface area contributed by atoms with Crippen LogP contribution in [0.5, 0.6) is 11.5 Å². The first-order valence-corrected chi connectivity index (χ1v) is 6.81. The maximum atomic E-state index is 12.3. The number of aromatic hydroxyl groups is 2. The van der Waals surface area contributed by atoms with Crippen LogP contribution >= 0.6 is 0 Å². The predicted molar refractivity (Wildman–Crippen MR) is 76.5 cm³/mol. The highest BCUT2D eigenvalue weighted by molar-refractivity contribution is 6.02. The second-order valence-corrected chi connectivity index (χ2v) is 5.28. The van der Waals surface area contributed by atoms with Crippen LogP contribution in [0.25, 0.3) is 0 Å². The van der Waals surface area contributed by atoms with Gasteiger partial charge in [0.25, 0.3) is 5.91 Å². The molecule has 1 saturated carbocycles. The van der Waals surface area contributed by atoms with Gasteiger partial charge in [-0.2, -0.15) is 0 Å². The quantitative estimate of drug-likeness (QED) is 0.248. The minimum Gasteiger partial charge on any atom is -0.508 e. The Labute approximate surface area is 122 Å². The van der Waals surface area contributed by atoms with E-state index in [1.165, 1.54) is 12.1 Å². The van der Waals surface area contributed by atoms with Crippen LogP contribution in [0.1, 0.15) is 42.5 Å². The molecule has 0 radical (unpaired) electrons. The molecule has 1 aromatic rings. The summed E-state index contributed by atoms with van der Waals surface area (Å²) in [5, 5.41) is 33.8. The number of carbonyl (C=O) groups is 1. The largest absolute Gasteiger partial charge is 0.508 e. The molecule has 7 heteroatoms. The van der Waals surface area contributed by atoms with Crippen molar-refractivity contribution in [3.8, 4) is 11.5 Å². The molecule has 0 heterocycles. The van der Waals surface area contributed by atoms with Gasteiger partial charge >= 0.3 is 0 Å². The summed E-state index contributed by atoms with van der Waals surface area (Å²) in [6, 6.07) is 3.72. The zero-order valence-corrected chi connectivity index (χ0v) is 11.5. The number of hydrogen-bond acceptors (Lipinski definition) is 5. The number of oxime groups is 1. The Morgan fingerprint density at radius 2 is 1.90 bits per heavy atom. The van der Waals surface area contributed by atoms with E-state index < -0.39 is 11.4 Å². The number of nitrogens with two attached hydrogens (primary N) is 1. The topological polar surface area (TPSA) is 128 Å². The molecule has 21 heavy (non-hydrogen) atoms. The van der Waals surface area contributed by atoms with Crippen LogP contribution in [0, 0.1) is 0 Å². The average molecular weight is 293 g/mol. The minimum atomic E-state index is -0.894. The minimum absolute atomic E-state index is 0.0310. The van der Waals surface area contributed by atoms with E-state index in [9.17, 15) is 15.0 Å². The Balaban J connectivity index is 2.26. The van der Waals surface area contributed by atoms with Crippen molar-refractivity contribution in [2.45, 2.75) is 37.6 Å². The Morgan fingerprint density at radius 1 is 1.24 bits per heavy atom. The molecular formula is C14H19N3O4. The lowest BCUT2D eigenvalue weighted by atomic mass is 9.80. The fraction of sp³-hybridized carbons (Fsp3) is 0.429. The lowest BCUT2D eigenvalue weighted by Gasteiger charge is -2.36. The van der Waals surface area contributed by atoms with E-state index in [1.54, 1.807) is 0 Å². The summed E-state index contributed by atoms with van der Waals surface area (Å²) in [6.45, 7) is 0. The van der Waals surface area contributed by atoms with Crippen molar-refractivity contribution < 1.29 is 20.2 Å². The number of phenols is 2. The van der Waals surface area contributed by atoms with Crippen LogP contribution in [-0.4, -0.2) is 32.7 Å². The van der Waals surface area contributed by atoms with Crippen molar-refractivity contribution in [1.82, 2.24) is 5.32 Å². The van der Waals surface area contributed by atoms with E-state index in [2.05, 4.69) is 10.5 Å². The van der Waals surface area contributed by atoms with Gasteiger partial charge in [0.15, 0.2) is 5.84 Å². The first-order valence-electron chi connectivity index (χ1n) is 6.81. The van der Waals surface area contributed by atoms with E-state index in [1.807, 2.05) is 0 Å². The standard InChI is InChI=1S/C14H19N3O4/c15-13(17-21)14(6-2-1-3-7-14)16-12(20)10-5-4-9(18)8-11(10)19/h4-5,8,18-19,21H,1-3,6-7H2,(H2,15,17)(H,16,20). The molecule has 7 nitrogen and oxygen atoms in total. The third-order valence-electron chi connectivity index (χ3n) is 3.88. The van der Waals surface area contributed by atoms with Crippen molar-refractivity contribution >= 4 is 11.7 Å². The maximum absolute atomic E-state index is 12.3. The number of nitrogens with zero attached hydrogens (tertiary/aromatic N) is 1. The van der Waals surface area contributed by atoms with Crippen molar-refractivity contribution in [2.24, 2.45) is 10.9 Å². The predicted octanol–water partition coefficient (Wildman–Crippen LogP) is 1.28. The summed E-state index contributed by atoms with van der Waals surface area (Å²) in [6.07, 6.45) is 3.90. The summed E-state index contributed by atoms with van der Waals surface area (Å²) in [4.78, 5) is 12.3. The highest BCUT2D eigenvalue weighted by atomic mass is 16.4. The smallest absolute Gasteiger partial charge is 0.255 e. The van der Waals surface area contributed by atoms with Crippen molar-refractivity contribution in [3.05, 3.63) is 23.8 Å². The molecule has 0 unspecified atom stereocenters. The molecule has 1 aliphatic rings. The van der Waals surface area contributed by atoms with Crippen molar-refractivity contribution in [3.63, 3.8) is 0 Å². The van der Waals surface area contributed by atoms with Gasteiger partial charge in [0, 0.05) is 6.07 Å². The number of amidine groups is 1. The zero-order chi connectivity index (χ0) is 15.5. The number of rotatable bonds is 3. The number of benzene rings is 1. The Bertz CT molecular complexity index is 565. The molecular weight excluding hydrogens is 274 g/mol. The fourth-order valence-corrected chi connectivity index (χ4v) is 2.69. The summed E-state index contributed by atoms with van der Waals surface area (Å²) >= 11 is 0. The molecule has 0 atom stereocenters. The molecule has 1 aromatic carbocycles. The van der Waals surface area contributed by atoms with Gasteiger partial charge in [-0.3, -0.25) is 4.79 Å². The van der Waals surface area contributed by atoms with E-state index >= 15 is 0 Å². The van der Waals surface area contributed by atoms with Gasteiger partial charge in [0.2, 0.25) is 0 Å². The van der Waals surface area contributed by atoms with Crippen LogP contribution < -0.4 is 11.1 Å². The van der Waals surface area contributed by atoms with Gasteiger partial charge in [0.1, 0.15) is 17.0 Å². The van der Waals surface area contributed by atoms with Gasteiger partial charge < -0.3 is 26.5 Å². The first kappa shape index (κ1) is 15.0. The molecule has 6 N–H and O–H groups in total. The summed E-state index contributed by atoms with van der Waals surface area (Å²) in [5.41, 5.74) is 4.89. The fourth-order valence-electron chi connectivity index (χ4n) is 2.69. The SMILES string of the molecule is N/C(=N/O)C1(NC(=O)c2ccc(O)cc2O)CCCCC1. The van der Waals surface area contributed by atoms with E-state index in [4.69, 9.17) is 10.9 Å². The summed E-state index contributed by atoms with van der Waals surface area (Å²) < 4.78 is 0. The second kappa shape index (κ2) is 5.90. The lowest BCUT2D eigenvalue weighted by molar-refractivity contribution is 0.0903. The van der Waals surface area contributed by atoms with Crippen LogP contribution in [-0.2, 0) is 0 Å². The zero-order valence-electron chi connectivity index (χ0n) is 11.5. The van der Waals surface area contributed by atoms with Crippen molar-refractivity contribution in [1.29, 1.82) is 0 Å². The third-order valence-corrected chi connectivity index (χ3v) is 3.88. The number of carbonyl (C=O) groups excluding carboxylic acids is 1. The molecule has 0 aromatic heterocycles. The molecule has 0 bridgehead atoms. The molecule has 114 valence electrons. The van der Waals surface area contributed by atoms with Crippen LogP contribution in [0.2, 0.25) is 0 Å². The summed E-state index contributed by atoms with van der Waals surface area (Å²) in [5.74, 6) is -1.01. The Morgan fingerprint density at radius 3 is 2.48 bits per heavy atom. The highest BCUT2D eigenvalue weighted by Crippen LogP contribution is 2.30. The molecule has 0 spiro atoms. The van der Waals surface area contributed by atoms with Crippen LogP contribution in [0.3, 0.4) is 0 Å².